The zero-order valence-electron chi connectivity index (χ0n) is 27.1. The van der Waals surface area contributed by atoms with E-state index >= 15 is 0 Å². The van der Waals surface area contributed by atoms with Gasteiger partial charge in [0.15, 0.2) is 11.5 Å². The van der Waals surface area contributed by atoms with Crippen molar-refractivity contribution in [1.82, 2.24) is 34.1 Å². The Bertz CT molecular complexity index is 1710. The lowest BCUT2D eigenvalue weighted by Crippen LogP contribution is -2.47. The summed E-state index contributed by atoms with van der Waals surface area (Å²) in [6, 6.07) is 4.52. The van der Waals surface area contributed by atoms with Crippen molar-refractivity contribution in [3.63, 3.8) is 0 Å². The second-order valence-corrected chi connectivity index (χ2v) is 19.6. The molecule has 1 atom stereocenters. The van der Waals surface area contributed by atoms with Crippen LogP contribution in [0.25, 0.3) is 27.9 Å². The van der Waals surface area contributed by atoms with Crippen LogP contribution in [0.3, 0.4) is 0 Å². The van der Waals surface area contributed by atoms with E-state index in [0.717, 1.165) is 29.8 Å². The van der Waals surface area contributed by atoms with Crippen LogP contribution in [-0.4, -0.2) is 87.3 Å². The minimum Gasteiger partial charge on any atom is -0.444 e. The summed E-state index contributed by atoms with van der Waals surface area (Å²) in [5, 5.41) is 7.36. The molecule has 4 aromatic heterocycles. The van der Waals surface area contributed by atoms with Crippen molar-refractivity contribution in [1.29, 1.82) is 0 Å². The number of fused-ring (bicyclic) bond motifs is 2. The second kappa shape index (κ2) is 13.0. The van der Waals surface area contributed by atoms with Gasteiger partial charge in [0.25, 0.3) is 5.91 Å². The Kier molecular flexibility index (Phi) is 9.43. The van der Waals surface area contributed by atoms with E-state index in [0.29, 0.717) is 53.3 Å². The van der Waals surface area contributed by atoms with E-state index < -0.39 is 13.7 Å². The van der Waals surface area contributed by atoms with Crippen molar-refractivity contribution < 1.29 is 19.1 Å². The van der Waals surface area contributed by atoms with Crippen LogP contribution < -0.4 is 10.6 Å². The number of carbonyl (C=O) groups is 2. The van der Waals surface area contributed by atoms with Gasteiger partial charge in [-0.15, -0.1) is 0 Å². The summed E-state index contributed by atoms with van der Waals surface area (Å²) in [6.45, 7) is 14.5. The summed E-state index contributed by atoms with van der Waals surface area (Å²) in [5.74, 6) is 0.277. The number of nitrogens with zero attached hydrogens (tertiary/aromatic N) is 6. The van der Waals surface area contributed by atoms with Crippen LogP contribution in [0.2, 0.25) is 30.8 Å². The molecular weight excluding hydrogens is 612 g/mol. The maximum absolute atomic E-state index is 12.8. The lowest BCUT2D eigenvalue weighted by atomic mass is 10.1. The van der Waals surface area contributed by atoms with Crippen LogP contribution in [0.1, 0.15) is 44.1 Å². The lowest BCUT2D eigenvalue weighted by Gasteiger charge is -2.34. The number of pyridine rings is 1. The first-order valence-corrected chi connectivity index (χ1v) is 19.4. The van der Waals surface area contributed by atoms with E-state index in [1.165, 1.54) is 0 Å². The maximum atomic E-state index is 12.8. The Morgan fingerprint density at radius 2 is 1.93 bits per heavy atom. The van der Waals surface area contributed by atoms with E-state index in [2.05, 4.69) is 35.3 Å². The molecule has 1 aliphatic heterocycles. The number of hydrogen-bond donors (Lipinski definition) is 2. The van der Waals surface area contributed by atoms with Crippen molar-refractivity contribution in [2.45, 2.75) is 77.7 Å². The van der Waals surface area contributed by atoms with Crippen LogP contribution >= 0.6 is 11.6 Å². The number of anilines is 1. The predicted octanol–water partition coefficient (Wildman–Crippen LogP) is 5.88. The highest BCUT2D eigenvalue weighted by Crippen LogP contribution is 2.36. The van der Waals surface area contributed by atoms with Crippen LogP contribution in [0.5, 0.6) is 0 Å². The summed E-state index contributed by atoms with van der Waals surface area (Å²) < 4.78 is 15.4. The Hall–Kier alpha value is -3.68. The molecule has 0 radical (unpaired) electrons. The maximum Gasteiger partial charge on any atom is 0.410 e. The van der Waals surface area contributed by atoms with Gasteiger partial charge in [-0.2, -0.15) is 0 Å². The highest BCUT2D eigenvalue weighted by molar-refractivity contribution is 6.76. The van der Waals surface area contributed by atoms with Gasteiger partial charge in [-0.1, -0.05) is 31.2 Å². The molecule has 2 amide bonds. The number of hydrogen-bond acceptors (Lipinski definition) is 8. The fraction of sp³-hybridized carbons (Fsp3) is 0.516. The van der Waals surface area contributed by atoms with Gasteiger partial charge in [0.05, 0.1) is 0 Å². The first-order valence-electron chi connectivity index (χ1n) is 15.3. The van der Waals surface area contributed by atoms with Crippen LogP contribution in [-0.2, 0) is 16.2 Å². The van der Waals surface area contributed by atoms with Gasteiger partial charge in [-0.25, -0.2) is 19.7 Å². The number of carbonyl (C=O) groups excluding carboxylic acids is 2. The first kappa shape index (κ1) is 32.7. The van der Waals surface area contributed by atoms with E-state index in [1.807, 2.05) is 37.6 Å². The van der Waals surface area contributed by atoms with Crippen molar-refractivity contribution >= 4 is 54.2 Å². The van der Waals surface area contributed by atoms with Gasteiger partial charge in [-0.3, -0.25) is 9.20 Å². The van der Waals surface area contributed by atoms with Gasteiger partial charge in [0.1, 0.15) is 34.5 Å². The molecule has 1 aliphatic rings. The SMILES string of the molecule is CNC(=O)c1ccc2c(-c3nc(N[C@H]4CCCN(C(=O)OC(C)(C)C)C4)c4nccn4c3Cl)cn(COCC[Si](C)(C)C)c2n1. The molecule has 4 aromatic rings. The van der Waals surface area contributed by atoms with Crippen molar-refractivity contribution in [2.24, 2.45) is 0 Å². The third-order valence-corrected chi connectivity index (χ3v) is 9.63. The third kappa shape index (κ3) is 7.59. The summed E-state index contributed by atoms with van der Waals surface area (Å²) in [4.78, 5) is 41.2. The number of likely N-dealkylation sites (tertiary alicyclic amines) is 1. The Morgan fingerprint density at radius 3 is 2.64 bits per heavy atom. The molecule has 1 saturated heterocycles. The molecule has 0 saturated carbocycles. The number of rotatable bonds is 9. The molecule has 2 N–H and O–H groups in total. The van der Waals surface area contributed by atoms with Crippen LogP contribution in [0, 0.1) is 0 Å². The molecule has 0 unspecified atom stereocenters. The Labute approximate surface area is 269 Å². The fourth-order valence-electron chi connectivity index (χ4n) is 5.25. The van der Waals surface area contributed by atoms with E-state index in [4.69, 9.17) is 31.0 Å². The molecule has 14 heteroatoms. The largest absolute Gasteiger partial charge is 0.444 e. The van der Waals surface area contributed by atoms with Gasteiger partial charge < -0.3 is 29.6 Å². The van der Waals surface area contributed by atoms with E-state index in [-0.39, 0.29) is 24.8 Å². The summed E-state index contributed by atoms with van der Waals surface area (Å²) in [7, 11) is 0.306. The molecular formula is C31H43ClN8O4Si. The lowest BCUT2D eigenvalue weighted by molar-refractivity contribution is 0.0206. The monoisotopic (exact) mass is 654 g/mol. The zero-order valence-corrected chi connectivity index (χ0v) is 28.9. The molecule has 242 valence electrons. The number of nitrogens with one attached hydrogen (secondary N) is 2. The standard InChI is InChI=1S/C31H43ClN8O4Si/c1-31(2,3)44-30(42)38-13-8-9-20(17-38)35-26-28-34-12-14-40(28)25(32)24(37-26)22-18-39(19-43-15-16-45(5,6)7)27-21(22)10-11-23(36-27)29(41)33-4/h10-12,14,18,20H,8-9,13,15-17,19H2,1-7H3,(H,33,41)(H,35,37)/t20-/m0/s1. The van der Waals surface area contributed by atoms with E-state index in [9.17, 15) is 9.59 Å². The summed E-state index contributed by atoms with van der Waals surface area (Å²) in [6.07, 6.45) is 6.75. The average molecular weight is 655 g/mol. The topological polar surface area (TPSA) is 128 Å². The van der Waals surface area contributed by atoms with Crippen molar-refractivity contribution in [2.75, 3.05) is 32.1 Å². The molecule has 5 rings (SSSR count). The van der Waals surface area contributed by atoms with Crippen molar-refractivity contribution in [3.05, 3.63) is 41.6 Å². The Balaban J connectivity index is 1.51. The smallest absolute Gasteiger partial charge is 0.410 e. The van der Waals surface area contributed by atoms with E-state index in [1.54, 1.807) is 34.8 Å². The highest BCUT2D eigenvalue weighted by atomic mass is 35.5. The molecule has 0 aliphatic carbocycles. The number of imidazole rings is 1. The minimum atomic E-state index is -1.27. The predicted molar refractivity (Wildman–Crippen MR) is 179 cm³/mol. The Morgan fingerprint density at radius 1 is 1.16 bits per heavy atom. The average Bonchev–Trinajstić information content (AvgIpc) is 3.61. The molecule has 0 bridgehead atoms. The quantitative estimate of drug-likeness (QED) is 0.169. The number of piperidine rings is 1. The minimum absolute atomic E-state index is 0.0637. The normalized spacial score (nSPS) is 15.9. The van der Waals surface area contributed by atoms with Crippen LogP contribution in [0.4, 0.5) is 10.6 Å². The molecule has 0 aromatic carbocycles. The first-order chi connectivity index (χ1) is 21.2. The van der Waals surface area contributed by atoms with Crippen molar-refractivity contribution in [3.8, 4) is 11.3 Å². The summed E-state index contributed by atoms with van der Waals surface area (Å²) in [5.41, 5.74) is 2.19. The third-order valence-electron chi connectivity index (χ3n) is 7.56. The number of ether oxygens (including phenoxy) is 2. The highest BCUT2D eigenvalue weighted by Gasteiger charge is 2.29. The fourth-order valence-corrected chi connectivity index (χ4v) is 6.29. The van der Waals surface area contributed by atoms with Crippen LogP contribution in [0.15, 0.2) is 30.7 Å². The van der Waals surface area contributed by atoms with Gasteiger partial charge in [0.2, 0.25) is 0 Å². The molecule has 1 fully saturated rings. The summed E-state index contributed by atoms with van der Waals surface area (Å²) >= 11 is 6.99. The second-order valence-electron chi connectivity index (χ2n) is 13.6. The van der Waals surface area contributed by atoms with Gasteiger partial charge >= 0.3 is 6.09 Å². The molecule has 0 spiro atoms. The molecule has 45 heavy (non-hydrogen) atoms. The molecule has 12 nitrogen and oxygen atoms in total. The number of aromatic nitrogens is 5. The van der Waals surface area contributed by atoms with Gasteiger partial charge in [-0.05, 0) is 51.8 Å². The number of amides is 2. The zero-order chi connectivity index (χ0) is 32.5. The molecule has 5 heterocycles. The van der Waals surface area contributed by atoms with Gasteiger partial charge in [0, 0.05) is 70.4 Å². The number of halogens is 1.